The molecule has 2 aromatic heterocycles. The van der Waals surface area contributed by atoms with Gasteiger partial charge in [0.15, 0.2) is 0 Å². The molecule has 1 aliphatic carbocycles. The van der Waals surface area contributed by atoms with E-state index in [1.807, 2.05) is 18.2 Å². The molecule has 0 atom stereocenters. The van der Waals surface area contributed by atoms with Gasteiger partial charge in [-0.2, -0.15) is 0 Å². The maximum Gasteiger partial charge on any atom is 0.136 e. The predicted octanol–water partition coefficient (Wildman–Crippen LogP) is 3.42. The summed E-state index contributed by atoms with van der Waals surface area (Å²) in [6, 6.07) is 5.90. The third-order valence-electron chi connectivity index (χ3n) is 3.50. The van der Waals surface area contributed by atoms with Crippen LogP contribution in [-0.4, -0.2) is 23.1 Å². The van der Waals surface area contributed by atoms with Crippen molar-refractivity contribution in [1.82, 2.24) is 9.97 Å². The van der Waals surface area contributed by atoms with E-state index in [2.05, 4.69) is 27.5 Å². The monoisotopic (exact) mass is 286 g/mol. The maximum atomic E-state index is 5.34. The molecule has 2 N–H and O–H groups in total. The van der Waals surface area contributed by atoms with Gasteiger partial charge in [-0.05, 0) is 31.4 Å². The molecule has 3 rings (SSSR count). The van der Waals surface area contributed by atoms with Crippen LogP contribution in [0.2, 0.25) is 0 Å². The van der Waals surface area contributed by atoms with Crippen LogP contribution in [0.3, 0.4) is 0 Å². The molecule has 112 valence electrons. The van der Waals surface area contributed by atoms with E-state index >= 15 is 0 Å². The van der Waals surface area contributed by atoms with Gasteiger partial charge in [-0.25, -0.2) is 9.97 Å². The summed E-state index contributed by atoms with van der Waals surface area (Å²) in [5.41, 5.74) is 0. The Hall–Kier alpha value is -2.04. The molecule has 1 saturated carbocycles. The molecule has 0 spiro atoms. The largest absolute Gasteiger partial charge is 0.469 e. The summed E-state index contributed by atoms with van der Waals surface area (Å²) in [6.07, 6.45) is 6.07. The van der Waals surface area contributed by atoms with Gasteiger partial charge >= 0.3 is 0 Å². The van der Waals surface area contributed by atoms with Gasteiger partial charge in [0.25, 0.3) is 0 Å². The normalized spacial score (nSPS) is 14.1. The molecule has 1 fully saturated rings. The van der Waals surface area contributed by atoms with E-state index in [0.717, 1.165) is 49.2 Å². The standard InChI is InChI=1S/C16H22N4O/c1-2-8-17-14-11-15(20-16(19-14)12-5-6-12)18-9-7-13-4-3-10-21-13/h3-4,10-12H,2,5-9H2,1H3,(H2,17,18,19,20). The summed E-state index contributed by atoms with van der Waals surface area (Å²) in [7, 11) is 0. The van der Waals surface area contributed by atoms with Crippen molar-refractivity contribution in [3.8, 4) is 0 Å². The number of rotatable bonds is 8. The molecular weight excluding hydrogens is 264 g/mol. The Morgan fingerprint density at radius 1 is 1.19 bits per heavy atom. The fourth-order valence-electron chi connectivity index (χ4n) is 2.19. The van der Waals surface area contributed by atoms with Crippen LogP contribution in [0.1, 0.15) is 43.7 Å². The van der Waals surface area contributed by atoms with Crippen LogP contribution in [0.5, 0.6) is 0 Å². The Morgan fingerprint density at radius 2 is 1.95 bits per heavy atom. The summed E-state index contributed by atoms with van der Waals surface area (Å²) >= 11 is 0. The second kappa shape index (κ2) is 6.61. The van der Waals surface area contributed by atoms with Crippen LogP contribution in [0, 0.1) is 0 Å². The lowest BCUT2D eigenvalue weighted by Gasteiger charge is -2.10. The molecule has 5 heteroatoms. The van der Waals surface area contributed by atoms with E-state index in [1.54, 1.807) is 6.26 Å². The number of furan rings is 1. The summed E-state index contributed by atoms with van der Waals surface area (Å²) in [6.45, 7) is 3.90. The van der Waals surface area contributed by atoms with E-state index in [1.165, 1.54) is 12.8 Å². The molecule has 21 heavy (non-hydrogen) atoms. The highest BCUT2D eigenvalue weighted by atomic mass is 16.3. The first-order valence-corrected chi connectivity index (χ1v) is 7.74. The smallest absolute Gasteiger partial charge is 0.136 e. The molecule has 0 aromatic carbocycles. The van der Waals surface area contributed by atoms with Crippen molar-refractivity contribution < 1.29 is 4.42 Å². The Morgan fingerprint density at radius 3 is 2.57 bits per heavy atom. The Bertz CT molecular complexity index is 564. The van der Waals surface area contributed by atoms with Crippen molar-refractivity contribution >= 4 is 11.6 Å². The van der Waals surface area contributed by atoms with E-state index < -0.39 is 0 Å². The minimum absolute atomic E-state index is 0.555. The van der Waals surface area contributed by atoms with Gasteiger partial charge in [-0.15, -0.1) is 0 Å². The summed E-state index contributed by atoms with van der Waals surface area (Å²) < 4.78 is 5.34. The molecule has 2 aromatic rings. The van der Waals surface area contributed by atoms with E-state index in [-0.39, 0.29) is 0 Å². The fraction of sp³-hybridized carbons (Fsp3) is 0.500. The van der Waals surface area contributed by atoms with Crippen LogP contribution >= 0.6 is 0 Å². The van der Waals surface area contributed by atoms with Crippen molar-refractivity contribution in [1.29, 1.82) is 0 Å². The summed E-state index contributed by atoms with van der Waals surface area (Å²) in [4.78, 5) is 9.24. The van der Waals surface area contributed by atoms with Crippen LogP contribution in [0.4, 0.5) is 11.6 Å². The molecule has 0 unspecified atom stereocenters. The first-order valence-electron chi connectivity index (χ1n) is 7.74. The molecule has 0 aliphatic heterocycles. The minimum atomic E-state index is 0.555. The van der Waals surface area contributed by atoms with Crippen LogP contribution < -0.4 is 10.6 Å². The molecular formula is C16H22N4O. The Balaban J connectivity index is 1.63. The Kier molecular flexibility index (Phi) is 4.38. The number of hydrogen-bond acceptors (Lipinski definition) is 5. The van der Waals surface area contributed by atoms with Crippen molar-refractivity contribution in [2.75, 3.05) is 23.7 Å². The van der Waals surface area contributed by atoms with Gasteiger partial charge < -0.3 is 15.1 Å². The number of aromatic nitrogens is 2. The third-order valence-corrected chi connectivity index (χ3v) is 3.50. The second-order valence-corrected chi connectivity index (χ2v) is 5.45. The maximum absolute atomic E-state index is 5.34. The zero-order valence-corrected chi connectivity index (χ0v) is 12.4. The molecule has 5 nitrogen and oxygen atoms in total. The second-order valence-electron chi connectivity index (χ2n) is 5.45. The minimum Gasteiger partial charge on any atom is -0.469 e. The van der Waals surface area contributed by atoms with Crippen molar-refractivity contribution in [2.45, 2.75) is 38.5 Å². The predicted molar refractivity (Wildman–Crippen MR) is 83.7 cm³/mol. The number of hydrogen-bond donors (Lipinski definition) is 2. The topological polar surface area (TPSA) is 63.0 Å². The fourth-order valence-corrected chi connectivity index (χ4v) is 2.19. The zero-order valence-electron chi connectivity index (χ0n) is 12.4. The van der Waals surface area contributed by atoms with Gasteiger partial charge in [0.05, 0.1) is 6.26 Å². The third kappa shape index (κ3) is 3.97. The lowest BCUT2D eigenvalue weighted by molar-refractivity contribution is 0.513. The van der Waals surface area contributed by atoms with E-state index in [4.69, 9.17) is 4.42 Å². The van der Waals surface area contributed by atoms with Gasteiger partial charge in [-0.3, -0.25) is 0 Å². The van der Waals surface area contributed by atoms with Gasteiger partial charge in [0, 0.05) is 31.5 Å². The van der Waals surface area contributed by atoms with Gasteiger partial charge in [0.2, 0.25) is 0 Å². The lowest BCUT2D eigenvalue weighted by Crippen LogP contribution is -2.10. The molecule has 1 aliphatic rings. The average molecular weight is 286 g/mol. The number of nitrogens with one attached hydrogen (secondary N) is 2. The summed E-state index contributed by atoms with van der Waals surface area (Å²) in [5, 5.41) is 6.72. The van der Waals surface area contributed by atoms with Crippen molar-refractivity contribution in [3.05, 3.63) is 36.0 Å². The summed E-state index contributed by atoms with van der Waals surface area (Å²) in [5.74, 6) is 4.34. The van der Waals surface area contributed by atoms with Crippen LogP contribution in [0.15, 0.2) is 28.9 Å². The average Bonchev–Trinajstić information content (AvgIpc) is 3.23. The van der Waals surface area contributed by atoms with Gasteiger partial charge in [-0.1, -0.05) is 6.92 Å². The quantitative estimate of drug-likeness (QED) is 0.778. The zero-order chi connectivity index (χ0) is 14.5. The van der Waals surface area contributed by atoms with Crippen molar-refractivity contribution in [2.24, 2.45) is 0 Å². The van der Waals surface area contributed by atoms with E-state index in [0.29, 0.717) is 5.92 Å². The van der Waals surface area contributed by atoms with Crippen LogP contribution in [-0.2, 0) is 6.42 Å². The SMILES string of the molecule is CCCNc1cc(NCCc2ccco2)nc(C2CC2)n1. The number of anilines is 2. The number of nitrogens with zero attached hydrogens (tertiary/aromatic N) is 2. The first kappa shape index (κ1) is 13.9. The van der Waals surface area contributed by atoms with Gasteiger partial charge in [0.1, 0.15) is 23.2 Å². The highest BCUT2D eigenvalue weighted by Crippen LogP contribution is 2.38. The molecule has 2 heterocycles. The lowest BCUT2D eigenvalue weighted by atomic mass is 10.3. The highest BCUT2D eigenvalue weighted by molar-refractivity contribution is 5.48. The Labute approximate surface area is 125 Å². The van der Waals surface area contributed by atoms with E-state index in [9.17, 15) is 0 Å². The molecule has 0 amide bonds. The first-order chi connectivity index (χ1) is 10.3. The molecule has 0 saturated heterocycles. The van der Waals surface area contributed by atoms with Crippen LogP contribution in [0.25, 0.3) is 0 Å². The highest BCUT2D eigenvalue weighted by Gasteiger charge is 2.27. The molecule has 0 radical (unpaired) electrons. The van der Waals surface area contributed by atoms with Crippen molar-refractivity contribution in [3.63, 3.8) is 0 Å². The molecule has 0 bridgehead atoms.